The smallest absolute Gasteiger partial charge is 0.490 e. The molecular weight excluding hydrogens is 685 g/mol. The number of hydrogen-bond acceptors (Lipinski definition) is 15. The molecule has 1 aliphatic rings. The van der Waals surface area contributed by atoms with Crippen LogP contribution in [0.15, 0.2) is 29.2 Å². The molecule has 3 rings (SSSR count). The Labute approximate surface area is 260 Å². The molecule has 1 saturated heterocycles. The van der Waals surface area contributed by atoms with Crippen molar-refractivity contribution in [2.75, 3.05) is 19.5 Å². The van der Waals surface area contributed by atoms with E-state index in [0.717, 1.165) is 4.57 Å². The molecule has 21 nitrogen and oxygen atoms in total. The molecule has 1 fully saturated rings. The normalized spacial score (nSPS) is 22.2. The van der Waals surface area contributed by atoms with Gasteiger partial charge in [0.2, 0.25) is 0 Å². The molecule has 2 unspecified atom stereocenters. The molecule has 1 aromatic heterocycles. The minimum absolute atomic E-state index is 0.161. The van der Waals surface area contributed by atoms with Gasteiger partial charge >= 0.3 is 29.2 Å². The number of nitro benzene ring substituents is 1. The summed E-state index contributed by atoms with van der Waals surface area (Å²) in [5.41, 5.74) is 4.53. The molecule has 258 valence electrons. The van der Waals surface area contributed by atoms with Crippen molar-refractivity contribution in [3.05, 3.63) is 56.1 Å². The number of rotatable bonds is 14. The predicted molar refractivity (Wildman–Crippen MR) is 154 cm³/mol. The van der Waals surface area contributed by atoms with Gasteiger partial charge in [0.15, 0.2) is 0 Å². The number of phosphoric acid groups is 3. The highest BCUT2D eigenvalue weighted by Gasteiger charge is 2.43. The summed E-state index contributed by atoms with van der Waals surface area (Å²) < 4.78 is 63.9. The van der Waals surface area contributed by atoms with Gasteiger partial charge in [-0.1, -0.05) is 20.8 Å². The van der Waals surface area contributed by atoms with E-state index in [1.54, 1.807) is 20.8 Å². The number of benzene rings is 1. The van der Waals surface area contributed by atoms with Gasteiger partial charge in [-0.15, -0.1) is 0 Å². The summed E-state index contributed by atoms with van der Waals surface area (Å²) in [5, 5.41) is 22.2. The summed E-state index contributed by atoms with van der Waals surface area (Å²) in [4.78, 5) is 63.9. The van der Waals surface area contributed by atoms with Crippen molar-refractivity contribution < 1.29 is 70.7 Å². The third kappa shape index (κ3) is 10.2. The van der Waals surface area contributed by atoms with Gasteiger partial charge in [0.25, 0.3) is 5.69 Å². The average Bonchev–Trinajstić information content (AvgIpc) is 3.25. The van der Waals surface area contributed by atoms with E-state index in [0.29, 0.717) is 5.75 Å². The molecule has 1 aliphatic heterocycles. The highest BCUT2D eigenvalue weighted by Crippen LogP contribution is 2.66. The lowest BCUT2D eigenvalue weighted by Crippen LogP contribution is -2.30. The van der Waals surface area contributed by atoms with Crippen LogP contribution < -0.4 is 16.2 Å². The van der Waals surface area contributed by atoms with Crippen molar-refractivity contribution in [2.45, 2.75) is 58.3 Å². The second-order valence-electron chi connectivity index (χ2n) is 10.9. The largest absolute Gasteiger partial charge is 0.497 e. The zero-order chi connectivity index (χ0) is 34.8. The number of aliphatic hydroxyl groups is 1. The van der Waals surface area contributed by atoms with Crippen molar-refractivity contribution in [3.8, 4) is 5.75 Å². The van der Waals surface area contributed by atoms with Gasteiger partial charge in [0, 0.05) is 24.2 Å². The van der Waals surface area contributed by atoms with Gasteiger partial charge in [0.1, 0.15) is 23.9 Å². The Morgan fingerprint density at radius 2 is 1.83 bits per heavy atom. The molecule has 0 spiro atoms. The van der Waals surface area contributed by atoms with E-state index in [4.69, 9.17) is 29.7 Å². The third-order valence-corrected chi connectivity index (χ3v) is 10.1. The first kappa shape index (κ1) is 37.8. The molecule has 46 heavy (non-hydrogen) atoms. The van der Waals surface area contributed by atoms with Gasteiger partial charge in [-0.25, -0.2) is 18.5 Å². The fourth-order valence-electron chi connectivity index (χ4n) is 4.36. The molecule has 2 aromatic rings. The van der Waals surface area contributed by atoms with E-state index in [-0.39, 0.29) is 35.7 Å². The van der Waals surface area contributed by atoms with Crippen LogP contribution in [0.1, 0.15) is 50.7 Å². The predicted octanol–water partition coefficient (Wildman–Crippen LogP) is 2.04. The number of nitro groups is 1. The number of phosphoric ester groups is 1. The van der Waals surface area contributed by atoms with Crippen LogP contribution in [-0.2, 0) is 42.9 Å². The minimum atomic E-state index is -5.77. The molecule has 7 N–H and O–H groups in total. The molecule has 1 aromatic carbocycles. The first-order valence-corrected chi connectivity index (χ1v) is 17.5. The van der Waals surface area contributed by atoms with Gasteiger partial charge in [0.05, 0.1) is 43.0 Å². The molecule has 24 heteroatoms. The van der Waals surface area contributed by atoms with Crippen LogP contribution in [-0.4, -0.2) is 65.1 Å². The van der Waals surface area contributed by atoms with Crippen LogP contribution in [0, 0.1) is 15.5 Å². The van der Waals surface area contributed by atoms with E-state index < -0.39 is 70.6 Å². The van der Waals surface area contributed by atoms with Crippen LogP contribution in [0.2, 0.25) is 0 Å². The SMILES string of the molecule is COc1ccc([N+](=O)[O-])c([C@@H](OCc2cn([C@H]3C[C@H](O)[C@@H](COP(=O)(O)OP(=O)(O)OP(=O)(O)O)O3)c(=O)nc2N)C(C)(C)C)c1. The Bertz CT molecular complexity index is 1640. The first-order chi connectivity index (χ1) is 21.0. The number of nitrogens with two attached hydrogens (primary N) is 1. The number of methoxy groups -OCH3 is 1. The van der Waals surface area contributed by atoms with E-state index >= 15 is 0 Å². The summed E-state index contributed by atoms with van der Waals surface area (Å²) in [6, 6.07) is 4.20. The van der Waals surface area contributed by atoms with E-state index in [9.17, 15) is 43.5 Å². The van der Waals surface area contributed by atoms with E-state index in [1.165, 1.54) is 31.5 Å². The molecule has 0 aliphatic carbocycles. The number of nitrogen functional groups attached to an aromatic ring is 1. The second-order valence-corrected chi connectivity index (χ2v) is 15.3. The highest BCUT2D eigenvalue weighted by atomic mass is 31.3. The standard InChI is InChI=1S/C22H33N4O17P3/c1-22(2,3)19(14-7-13(38-4)5-6-15(14)26(29)30)39-10-12-9-25(21(28)24-20(12)23)18-8-16(27)17(41-18)11-40-45(34,35)43-46(36,37)42-44(31,32)33/h5-7,9,16-19,27H,8,10-11H2,1-4H3,(H,34,35)(H,36,37)(H2,23,24,28)(H2,31,32,33)/t16-,17+,18+,19+/m0/s1. The molecule has 0 bridgehead atoms. The first-order valence-electron chi connectivity index (χ1n) is 13.0. The lowest BCUT2D eigenvalue weighted by Gasteiger charge is -2.31. The third-order valence-electron chi connectivity index (χ3n) is 6.30. The topological polar surface area (TPSA) is 312 Å². The number of ether oxygens (including phenoxy) is 3. The summed E-state index contributed by atoms with van der Waals surface area (Å²) >= 11 is 0. The van der Waals surface area contributed by atoms with Crippen molar-refractivity contribution in [3.63, 3.8) is 0 Å². The van der Waals surface area contributed by atoms with Crippen LogP contribution >= 0.6 is 23.5 Å². The number of anilines is 1. The Balaban J connectivity index is 1.78. The lowest BCUT2D eigenvalue weighted by molar-refractivity contribution is -0.386. The zero-order valence-electron chi connectivity index (χ0n) is 24.6. The van der Waals surface area contributed by atoms with Crippen LogP contribution in [0.5, 0.6) is 5.75 Å². The van der Waals surface area contributed by atoms with Crippen molar-refractivity contribution >= 4 is 35.0 Å². The maximum Gasteiger partial charge on any atom is 0.490 e. The Morgan fingerprint density at radius 3 is 2.39 bits per heavy atom. The number of aliphatic hydroxyl groups excluding tert-OH is 1. The summed E-state index contributed by atoms with van der Waals surface area (Å²) in [5.74, 6) is 0.129. The molecule has 6 atom stereocenters. The second kappa shape index (κ2) is 14.2. The number of aromatic nitrogens is 2. The fraction of sp³-hybridized carbons (Fsp3) is 0.545. The lowest BCUT2D eigenvalue weighted by atomic mass is 9.83. The fourth-order valence-corrected chi connectivity index (χ4v) is 7.39. The Kier molecular flexibility index (Phi) is 11.7. The summed E-state index contributed by atoms with van der Waals surface area (Å²) in [7, 11) is -15.5. The van der Waals surface area contributed by atoms with E-state index in [2.05, 4.69) is 18.1 Å². The van der Waals surface area contributed by atoms with Gasteiger partial charge < -0.3 is 44.6 Å². The van der Waals surface area contributed by atoms with E-state index in [1.807, 2.05) is 0 Å². The van der Waals surface area contributed by atoms with Crippen LogP contribution in [0.4, 0.5) is 11.5 Å². The van der Waals surface area contributed by atoms with Crippen LogP contribution in [0.3, 0.4) is 0 Å². The molecular formula is C22H33N4O17P3. The quantitative estimate of drug-likeness (QED) is 0.0924. The average molecular weight is 718 g/mol. The minimum Gasteiger partial charge on any atom is -0.497 e. The molecule has 0 amide bonds. The van der Waals surface area contributed by atoms with Gasteiger partial charge in [-0.05, 0) is 17.5 Å². The van der Waals surface area contributed by atoms with Gasteiger partial charge in [-0.2, -0.15) is 13.6 Å². The molecule has 2 heterocycles. The molecule has 0 saturated carbocycles. The zero-order valence-corrected chi connectivity index (χ0v) is 27.3. The maximum absolute atomic E-state index is 12.7. The Morgan fingerprint density at radius 1 is 1.17 bits per heavy atom. The Hall–Kier alpha value is -2.61. The van der Waals surface area contributed by atoms with Crippen molar-refractivity contribution in [1.82, 2.24) is 9.55 Å². The maximum atomic E-state index is 12.7. The monoisotopic (exact) mass is 718 g/mol. The highest BCUT2D eigenvalue weighted by molar-refractivity contribution is 7.66. The van der Waals surface area contributed by atoms with Crippen molar-refractivity contribution in [1.29, 1.82) is 0 Å². The van der Waals surface area contributed by atoms with Gasteiger partial charge in [-0.3, -0.25) is 19.2 Å². The summed E-state index contributed by atoms with van der Waals surface area (Å²) in [6.07, 6.45) is -4.02. The molecule has 0 radical (unpaired) electrons. The van der Waals surface area contributed by atoms with Crippen LogP contribution in [0.25, 0.3) is 0 Å². The number of nitrogens with zero attached hydrogens (tertiary/aromatic N) is 3. The number of hydrogen-bond donors (Lipinski definition) is 6. The van der Waals surface area contributed by atoms with Crippen molar-refractivity contribution in [2.24, 2.45) is 5.41 Å². The summed E-state index contributed by atoms with van der Waals surface area (Å²) in [6.45, 7) is 4.13.